The molecule has 1 aliphatic heterocycles. The van der Waals surface area contributed by atoms with Crippen molar-refractivity contribution in [2.24, 2.45) is 5.10 Å². The fourth-order valence-corrected chi connectivity index (χ4v) is 3.59. The number of anilines is 1. The quantitative estimate of drug-likeness (QED) is 0.511. The molecule has 0 spiro atoms. The maximum atomic E-state index is 13.0. The van der Waals surface area contributed by atoms with E-state index in [4.69, 9.17) is 13.9 Å². The molecule has 4 rings (SSSR count). The molecule has 33 heavy (non-hydrogen) atoms. The molecule has 0 saturated heterocycles. The Kier molecular flexibility index (Phi) is 6.44. The Labute approximate surface area is 192 Å². The summed E-state index contributed by atoms with van der Waals surface area (Å²) >= 11 is 0. The average molecular weight is 447 g/mol. The van der Waals surface area contributed by atoms with Gasteiger partial charge in [0.25, 0.3) is 5.91 Å². The average Bonchev–Trinajstić information content (AvgIpc) is 3.52. The lowest BCUT2D eigenvalue weighted by Crippen LogP contribution is -2.31. The third kappa shape index (κ3) is 4.90. The number of amides is 1. The van der Waals surface area contributed by atoms with Crippen LogP contribution in [-0.4, -0.2) is 50.4 Å². The van der Waals surface area contributed by atoms with Crippen molar-refractivity contribution >= 4 is 23.3 Å². The van der Waals surface area contributed by atoms with E-state index >= 15 is 0 Å². The monoisotopic (exact) mass is 447 g/mol. The Morgan fingerprint density at radius 3 is 2.58 bits per heavy atom. The minimum Gasteiger partial charge on any atom is -0.497 e. The van der Waals surface area contributed by atoms with Crippen LogP contribution >= 0.6 is 0 Å². The highest BCUT2D eigenvalue weighted by Gasteiger charge is 2.35. The van der Waals surface area contributed by atoms with Gasteiger partial charge in [-0.3, -0.25) is 4.79 Å². The van der Waals surface area contributed by atoms with E-state index in [9.17, 15) is 9.59 Å². The first-order valence-electron chi connectivity index (χ1n) is 10.5. The summed E-state index contributed by atoms with van der Waals surface area (Å²) in [5.74, 6) is 0.343. The van der Waals surface area contributed by atoms with Crippen molar-refractivity contribution in [3.63, 3.8) is 0 Å². The minimum atomic E-state index is -0.569. The molecule has 1 atom stereocenters. The summed E-state index contributed by atoms with van der Waals surface area (Å²) in [7, 11) is 5.37. The zero-order chi connectivity index (χ0) is 23.4. The van der Waals surface area contributed by atoms with Crippen LogP contribution in [0.2, 0.25) is 0 Å². The van der Waals surface area contributed by atoms with E-state index in [1.165, 1.54) is 5.01 Å². The van der Waals surface area contributed by atoms with Crippen LogP contribution in [0.5, 0.6) is 5.75 Å². The molecule has 0 fully saturated rings. The molecule has 2 heterocycles. The van der Waals surface area contributed by atoms with E-state index in [2.05, 4.69) is 5.10 Å². The molecule has 0 aliphatic carbocycles. The van der Waals surface area contributed by atoms with Crippen molar-refractivity contribution in [1.82, 2.24) is 5.01 Å². The van der Waals surface area contributed by atoms with Gasteiger partial charge in [-0.25, -0.2) is 9.80 Å². The van der Waals surface area contributed by atoms with Gasteiger partial charge in [-0.05, 0) is 60.2 Å². The normalized spacial score (nSPS) is 15.2. The lowest BCUT2D eigenvalue weighted by molar-refractivity contribution is -0.136. The number of nitrogens with zero attached hydrogens (tertiary/aromatic N) is 3. The highest BCUT2D eigenvalue weighted by atomic mass is 16.5. The molecule has 1 aromatic heterocycles. The van der Waals surface area contributed by atoms with E-state index < -0.39 is 24.5 Å². The Hall–Kier alpha value is -4.07. The molecular weight excluding hydrogens is 422 g/mol. The fraction of sp³-hybridized carbons (Fsp3) is 0.240. The smallest absolute Gasteiger partial charge is 0.338 e. The van der Waals surface area contributed by atoms with E-state index in [0.29, 0.717) is 17.7 Å². The molecule has 8 heteroatoms. The van der Waals surface area contributed by atoms with E-state index in [-0.39, 0.29) is 0 Å². The molecule has 170 valence electrons. The van der Waals surface area contributed by atoms with E-state index in [0.717, 1.165) is 22.7 Å². The Morgan fingerprint density at radius 2 is 1.91 bits per heavy atom. The second-order valence-corrected chi connectivity index (χ2v) is 7.77. The van der Waals surface area contributed by atoms with Crippen LogP contribution in [0.3, 0.4) is 0 Å². The summed E-state index contributed by atoms with van der Waals surface area (Å²) < 4.78 is 16.1. The topological polar surface area (TPSA) is 84.6 Å². The third-order valence-corrected chi connectivity index (χ3v) is 5.39. The van der Waals surface area contributed by atoms with Gasteiger partial charge >= 0.3 is 5.97 Å². The molecular formula is C25H25N3O5. The van der Waals surface area contributed by atoms with E-state index in [1.807, 2.05) is 49.3 Å². The molecule has 1 amide bonds. The molecule has 0 radical (unpaired) electrons. The molecule has 2 aromatic carbocycles. The number of methoxy groups -OCH3 is 1. The first-order valence-corrected chi connectivity index (χ1v) is 10.5. The Morgan fingerprint density at radius 1 is 1.12 bits per heavy atom. The first-order chi connectivity index (χ1) is 16.0. The second-order valence-electron chi connectivity index (χ2n) is 7.77. The summed E-state index contributed by atoms with van der Waals surface area (Å²) in [6, 6.07) is 17.6. The second kappa shape index (κ2) is 9.60. The number of hydrogen-bond acceptors (Lipinski definition) is 7. The van der Waals surface area contributed by atoms with Crippen molar-refractivity contribution in [1.29, 1.82) is 0 Å². The highest BCUT2D eigenvalue weighted by Crippen LogP contribution is 2.33. The predicted octanol–water partition coefficient (Wildman–Crippen LogP) is 3.89. The third-order valence-electron chi connectivity index (χ3n) is 5.39. The van der Waals surface area contributed by atoms with Crippen LogP contribution in [0.1, 0.15) is 34.1 Å². The lowest BCUT2D eigenvalue weighted by atomic mass is 10.0. The van der Waals surface area contributed by atoms with Crippen LogP contribution in [0.4, 0.5) is 5.69 Å². The van der Waals surface area contributed by atoms with Gasteiger partial charge in [0.2, 0.25) is 0 Å². The number of benzene rings is 2. The van der Waals surface area contributed by atoms with Crippen molar-refractivity contribution < 1.29 is 23.5 Å². The molecule has 0 bridgehead atoms. The molecule has 1 aliphatic rings. The number of carbonyl (C=O) groups excluding carboxylic acids is 2. The zero-order valence-corrected chi connectivity index (χ0v) is 18.7. The van der Waals surface area contributed by atoms with Gasteiger partial charge in [0.1, 0.15) is 17.6 Å². The zero-order valence-electron chi connectivity index (χ0n) is 18.7. The number of rotatable bonds is 7. The maximum absolute atomic E-state index is 13.0. The maximum Gasteiger partial charge on any atom is 0.338 e. The Bertz CT molecular complexity index is 1150. The van der Waals surface area contributed by atoms with Crippen LogP contribution in [0.25, 0.3) is 0 Å². The van der Waals surface area contributed by atoms with Crippen molar-refractivity contribution in [2.75, 3.05) is 32.7 Å². The summed E-state index contributed by atoms with van der Waals surface area (Å²) in [4.78, 5) is 27.4. The van der Waals surface area contributed by atoms with Gasteiger partial charge in [-0.15, -0.1) is 0 Å². The number of hydrazone groups is 1. The highest BCUT2D eigenvalue weighted by molar-refractivity contribution is 6.03. The Balaban J connectivity index is 1.50. The van der Waals surface area contributed by atoms with Crippen molar-refractivity contribution in [2.45, 2.75) is 12.5 Å². The van der Waals surface area contributed by atoms with Gasteiger partial charge in [0.05, 0.1) is 24.6 Å². The summed E-state index contributed by atoms with van der Waals surface area (Å²) in [6.07, 6.45) is 2.03. The molecule has 8 nitrogen and oxygen atoms in total. The van der Waals surface area contributed by atoms with Gasteiger partial charge in [0, 0.05) is 26.2 Å². The predicted molar refractivity (Wildman–Crippen MR) is 123 cm³/mol. The number of esters is 1. The largest absolute Gasteiger partial charge is 0.497 e. The van der Waals surface area contributed by atoms with Crippen LogP contribution < -0.4 is 9.64 Å². The molecule has 3 aromatic rings. The van der Waals surface area contributed by atoms with Gasteiger partial charge in [0.15, 0.2) is 6.61 Å². The number of furan rings is 1. The first kappa shape index (κ1) is 22.1. The van der Waals surface area contributed by atoms with E-state index in [1.54, 1.807) is 43.7 Å². The van der Waals surface area contributed by atoms with Crippen LogP contribution in [-0.2, 0) is 9.53 Å². The lowest BCUT2D eigenvalue weighted by Gasteiger charge is -2.19. The van der Waals surface area contributed by atoms with Crippen LogP contribution in [0.15, 0.2) is 76.4 Å². The molecule has 0 saturated carbocycles. The minimum absolute atomic E-state index is 0.375. The molecule has 1 unspecified atom stereocenters. The molecule has 0 N–H and O–H groups in total. The summed E-state index contributed by atoms with van der Waals surface area (Å²) in [5.41, 5.74) is 2.85. The number of ether oxygens (including phenoxy) is 2. The number of hydrogen-bond donors (Lipinski definition) is 0. The standard InChI is InChI=1S/C25H25N3O5/c1-27(2)19-7-4-6-18(14-19)25(30)33-16-24(29)28-22(23-8-5-13-32-23)15-21(26-28)17-9-11-20(31-3)12-10-17/h4-14,22H,15-16H2,1-3H3. The van der Waals surface area contributed by atoms with Crippen molar-refractivity contribution in [3.05, 3.63) is 83.8 Å². The fourth-order valence-electron chi connectivity index (χ4n) is 3.59. The number of carbonyl (C=O) groups is 2. The van der Waals surface area contributed by atoms with Gasteiger partial charge in [-0.2, -0.15) is 5.10 Å². The van der Waals surface area contributed by atoms with Gasteiger partial charge < -0.3 is 18.8 Å². The SMILES string of the molecule is COc1ccc(C2=NN(C(=O)COC(=O)c3cccc(N(C)C)c3)C(c3ccco3)C2)cc1. The van der Waals surface area contributed by atoms with Gasteiger partial charge in [-0.1, -0.05) is 6.07 Å². The van der Waals surface area contributed by atoms with Crippen molar-refractivity contribution in [3.8, 4) is 5.75 Å². The summed E-state index contributed by atoms with van der Waals surface area (Å²) in [5, 5.41) is 5.88. The van der Waals surface area contributed by atoms with Crippen LogP contribution in [0, 0.1) is 0 Å². The summed E-state index contributed by atoms with van der Waals surface area (Å²) in [6.45, 7) is -0.429.